The summed E-state index contributed by atoms with van der Waals surface area (Å²) in [6.07, 6.45) is 0. The highest BCUT2D eigenvalue weighted by Crippen LogP contribution is 2.18. The minimum Gasteiger partial charge on any atom is -0.497 e. The second kappa shape index (κ2) is 7.76. The normalized spacial score (nSPS) is 10.8. The predicted molar refractivity (Wildman–Crippen MR) is 113 cm³/mol. The van der Waals surface area contributed by atoms with E-state index in [0.29, 0.717) is 27.3 Å². The molecule has 0 spiro atoms. The van der Waals surface area contributed by atoms with Gasteiger partial charge in [0, 0.05) is 11.8 Å². The fourth-order valence-corrected chi connectivity index (χ4v) is 3.91. The van der Waals surface area contributed by atoms with Gasteiger partial charge in [0.2, 0.25) is 5.91 Å². The van der Waals surface area contributed by atoms with Gasteiger partial charge in [-0.1, -0.05) is 24.3 Å². The van der Waals surface area contributed by atoms with Crippen LogP contribution in [0.1, 0.15) is 0 Å². The second-order valence-corrected chi connectivity index (χ2v) is 7.18. The summed E-state index contributed by atoms with van der Waals surface area (Å²) < 4.78 is 7.98. The summed E-state index contributed by atoms with van der Waals surface area (Å²) in [6, 6.07) is 17.3. The molecule has 0 radical (unpaired) electrons. The van der Waals surface area contributed by atoms with Crippen molar-refractivity contribution in [1.82, 2.24) is 9.13 Å². The Bertz CT molecular complexity index is 1310. The number of methoxy groups -OCH3 is 1. The van der Waals surface area contributed by atoms with Gasteiger partial charge < -0.3 is 10.1 Å². The number of nitrogens with one attached hydrogen (secondary N) is 1. The topological polar surface area (TPSA) is 82.3 Å². The Morgan fingerprint density at radius 2 is 1.86 bits per heavy atom. The summed E-state index contributed by atoms with van der Waals surface area (Å²) >= 11 is 1.24. The average Bonchev–Trinajstić information content (AvgIpc) is 3.22. The average molecular weight is 407 g/mol. The van der Waals surface area contributed by atoms with Crippen LogP contribution in [0.25, 0.3) is 15.9 Å². The van der Waals surface area contributed by atoms with Gasteiger partial charge in [-0.3, -0.25) is 14.2 Å². The smallest absolute Gasteiger partial charge is 0.336 e. The van der Waals surface area contributed by atoms with Gasteiger partial charge in [-0.2, -0.15) is 0 Å². The zero-order chi connectivity index (χ0) is 20.4. The van der Waals surface area contributed by atoms with Crippen molar-refractivity contribution >= 4 is 33.1 Å². The van der Waals surface area contributed by atoms with E-state index in [9.17, 15) is 14.4 Å². The van der Waals surface area contributed by atoms with Crippen LogP contribution in [0.3, 0.4) is 0 Å². The van der Waals surface area contributed by atoms with Crippen molar-refractivity contribution in [3.63, 3.8) is 0 Å². The van der Waals surface area contributed by atoms with Crippen LogP contribution in [0.15, 0.2) is 75.6 Å². The lowest BCUT2D eigenvalue weighted by molar-refractivity contribution is -0.116. The number of fused-ring (bicyclic) bond motifs is 1. The highest BCUT2D eigenvalue weighted by atomic mass is 32.1. The largest absolute Gasteiger partial charge is 0.497 e. The van der Waals surface area contributed by atoms with Crippen LogP contribution >= 0.6 is 11.3 Å². The quantitative estimate of drug-likeness (QED) is 0.552. The fourth-order valence-electron chi connectivity index (χ4n) is 3.09. The van der Waals surface area contributed by atoms with E-state index < -0.39 is 11.2 Å². The van der Waals surface area contributed by atoms with Crippen LogP contribution in [-0.4, -0.2) is 22.2 Å². The first-order valence-electron chi connectivity index (χ1n) is 8.81. The predicted octanol–water partition coefficient (Wildman–Crippen LogP) is 2.86. The Kier molecular flexibility index (Phi) is 5.01. The molecule has 1 N–H and O–H groups in total. The number of hydrogen-bond acceptors (Lipinski definition) is 5. The number of carbonyl (C=O) groups excluding carboxylic acids is 1. The highest BCUT2D eigenvalue weighted by Gasteiger charge is 2.17. The highest BCUT2D eigenvalue weighted by molar-refractivity contribution is 7.17. The number of rotatable bonds is 5. The van der Waals surface area contributed by atoms with Crippen LogP contribution in [-0.2, 0) is 11.3 Å². The zero-order valence-electron chi connectivity index (χ0n) is 15.5. The molecule has 0 aliphatic carbocycles. The van der Waals surface area contributed by atoms with E-state index in [1.54, 1.807) is 73.2 Å². The van der Waals surface area contributed by atoms with Gasteiger partial charge in [0.15, 0.2) is 0 Å². The molecule has 2 aromatic heterocycles. The lowest BCUT2D eigenvalue weighted by Crippen LogP contribution is -2.40. The van der Waals surface area contributed by atoms with Crippen LogP contribution in [0, 0.1) is 0 Å². The number of amides is 1. The summed E-state index contributed by atoms with van der Waals surface area (Å²) in [5.41, 5.74) is 0.501. The van der Waals surface area contributed by atoms with E-state index in [2.05, 4.69) is 5.32 Å². The molecule has 2 heterocycles. The van der Waals surface area contributed by atoms with E-state index >= 15 is 0 Å². The number of nitrogens with zero attached hydrogens (tertiary/aromatic N) is 2. The van der Waals surface area contributed by atoms with Gasteiger partial charge in [0.05, 0.1) is 18.3 Å². The summed E-state index contributed by atoms with van der Waals surface area (Å²) in [5, 5.41) is 4.49. The molecule has 0 saturated heterocycles. The third-order valence-electron chi connectivity index (χ3n) is 4.42. The zero-order valence-corrected chi connectivity index (χ0v) is 16.3. The number of para-hydroxylation sites is 1. The standard InChI is InChI=1S/C21H17N3O4S/c1-28-16-9-5-6-14(12-16)22-18(25)13-23-17-10-11-29-19(17)20(26)24(21(23)27)15-7-3-2-4-8-15/h2-12H,13H2,1H3,(H,22,25). The van der Waals surface area contributed by atoms with Crippen LogP contribution < -0.4 is 21.3 Å². The number of carbonyl (C=O) groups is 1. The molecule has 0 unspecified atom stereocenters. The Labute approximate surface area is 169 Å². The molecule has 8 heteroatoms. The molecule has 0 bridgehead atoms. The maximum Gasteiger partial charge on any atom is 0.336 e. The van der Waals surface area contributed by atoms with Crippen LogP contribution in [0.2, 0.25) is 0 Å². The lowest BCUT2D eigenvalue weighted by Gasteiger charge is -2.12. The molecule has 4 rings (SSSR count). The van der Waals surface area contributed by atoms with Crippen molar-refractivity contribution < 1.29 is 9.53 Å². The molecule has 0 aliphatic heterocycles. The van der Waals surface area contributed by atoms with Crippen LogP contribution in [0.4, 0.5) is 5.69 Å². The first kappa shape index (κ1) is 18.7. The number of hydrogen-bond donors (Lipinski definition) is 1. The van der Waals surface area contributed by atoms with Crippen molar-refractivity contribution in [2.24, 2.45) is 0 Å². The molecule has 1 amide bonds. The summed E-state index contributed by atoms with van der Waals surface area (Å²) in [5.74, 6) is 0.226. The molecule has 0 saturated carbocycles. The minimum absolute atomic E-state index is 0.226. The first-order chi connectivity index (χ1) is 14.1. The molecule has 146 valence electrons. The summed E-state index contributed by atoms with van der Waals surface area (Å²) in [4.78, 5) is 38.6. The number of anilines is 1. The summed E-state index contributed by atoms with van der Waals surface area (Å²) in [7, 11) is 1.54. The van der Waals surface area contributed by atoms with Gasteiger partial charge in [0.25, 0.3) is 5.56 Å². The first-order valence-corrected chi connectivity index (χ1v) is 9.69. The molecule has 4 aromatic rings. The lowest BCUT2D eigenvalue weighted by atomic mass is 10.3. The maximum atomic E-state index is 13.1. The third kappa shape index (κ3) is 3.57. The molecular weight excluding hydrogens is 390 g/mol. The number of ether oxygens (including phenoxy) is 1. The molecular formula is C21H17N3O4S. The van der Waals surface area contributed by atoms with Gasteiger partial charge in [-0.05, 0) is 35.7 Å². The Morgan fingerprint density at radius 3 is 2.62 bits per heavy atom. The van der Waals surface area contributed by atoms with Gasteiger partial charge in [-0.25, -0.2) is 9.36 Å². The van der Waals surface area contributed by atoms with Crippen LogP contribution in [0.5, 0.6) is 5.75 Å². The maximum absolute atomic E-state index is 13.1. The number of benzene rings is 2. The molecule has 29 heavy (non-hydrogen) atoms. The van der Waals surface area contributed by atoms with E-state index in [0.717, 1.165) is 4.57 Å². The molecule has 2 aromatic carbocycles. The van der Waals surface area contributed by atoms with E-state index in [-0.39, 0.29) is 12.5 Å². The van der Waals surface area contributed by atoms with Crippen molar-refractivity contribution in [1.29, 1.82) is 0 Å². The third-order valence-corrected chi connectivity index (χ3v) is 5.32. The SMILES string of the molecule is COc1cccc(NC(=O)Cn2c(=O)n(-c3ccccc3)c(=O)c3sccc32)c1. The molecule has 0 atom stereocenters. The van der Waals surface area contributed by atoms with E-state index in [1.165, 1.54) is 15.9 Å². The van der Waals surface area contributed by atoms with Gasteiger partial charge >= 0.3 is 5.69 Å². The number of aromatic nitrogens is 2. The molecule has 7 nitrogen and oxygen atoms in total. The Balaban J connectivity index is 1.75. The summed E-state index contributed by atoms with van der Waals surface area (Å²) in [6.45, 7) is -0.226. The van der Waals surface area contributed by atoms with Crippen molar-refractivity contribution in [3.8, 4) is 11.4 Å². The number of thiophene rings is 1. The minimum atomic E-state index is -0.562. The molecule has 0 fully saturated rings. The fraction of sp³-hybridized carbons (Fsp3) is 0.0952. The van der Waals surface area contributed by atoms with E-state index in [1.807, 2.05) is 0 Å². The van der Waals surface area contributed by atoms with Gasteiger partial charge in [-0.15, -0.1) is 11.3 Å². The Morgan fingerprint density at radius 1 is 1.07 bits per heavy atom. The monoisotopic (exact) mass is 407 g/mol. The second-order valence-electron chi connectivity index (χ2n) is 6.26. The van der Waals surface area contributed by atoms with E-state index in [4.69, 9.17) is 4.74 Å². The van der Waals surface area contributed by atoms with Crippen molar-refractivity contribution in [2.75, 3.05) is 12.4 Å². The molecule has 0 aliphatic rings. The van der Waals surface area contributed by atoms with Crippen molar-refractivity contribution in [2.45, 2.75) is 6.54 Å². The van der Waals surface area contributed by atoms with Crippen molar-refractivity contribution in [3.05, 3.63) is 86.9 Å². The van der Waals surface area contributed by atoms with Gasteiger partial charge in [0.1, 0.15) is 17.0 Å². The Hall–Kier alpha value is -3.65.